The van der Waals surface area contributed by atoms with Gasteiger partial charge in [-0.3, -0.25) is 9.59 Å². The molecule has 8 nitrogen and oxygen atoms in total. The molecule has 1 heterocycles. The Kier molecular flexibility index (Phi) is 5.00. The van der Waals surface area contributed by atoms with E-state index in [0.717, 1.165) is 6.07 Å². The van der Waals surface area contributed by atoms with Crippen LogP contribution in [0.25, 0.3) is 0 Å². The van der Waals surface area contributed by atoms with Crippen molar-refractivity contribution in [3.05, 3.63) is 53.3 Å². The van der Waals surface area contributed by atoms with Crippen molar-refractivity contribution >= 4 is 28.1 Å². The lowest BCUT2D eigenvalue weighted by molar-refractivity contribution is -0.117. The van der Waals surface area contributed by atoms with Crippen LogP contribution in [-0.2, 0) is 21.6 Å². The van der Waals surface area contributed by atoms with E-state index in [0.29, 0.717) is 21.9 Å². The first kappa shape index (κ1) is 18.6. The zero-order valence-electron chi connectivity index (χ0n) is 14.1. The van der Waals surface area contributed by atoms with E-state index in [9.17, 15) is 22.4 Å². The van der Waals surface area contributed by atoms with Gasteiger partial charge in [-0.2, -0.15) is 8.42 Å². The van der Waals surface area contributed by atoms with E-state index in [4.69, 9.17) is 9.47 Å². The normalized spacial score (nSPS) is 15.3. The van der Waals surface area contributed by atoms with Gasteiger partial charge < -0.3 is 9.47 Å². The van der Waals surface area contributed by atoms with Crippen molar-refractivity contribution in [3.63, 3.8) is 0 Å². The Labute approximate surface area is 154 Å². The summed E-state index contributed by atoms with van der Waals surface area (Å²) in [6.07, 6.45) is 0.412. The van der Waals surface area contributed by atoms with Gasteiger partial charge in [-0.1, -0.05) is 12.1 Å². The van der Waals surface area contributed by atoms with Crippen LogP contribution in [-0.4, -0.2) is 34.3 Å². The summed E-state index contributed by atoms with van der Waals surface area (Å²) in [6.45, 7) is -0.605. The summed E-state index contributed by atoms with van der Waals surface area (Å²) in [7, 11) is -2.71. The van der Waals surface area contributed by atoms with E-state index < -0.39 is 34.2 Å². The summed E-state index contributed by atoms with van der Waals surface area (Å²) in [5.41, 5.74) is 0.237. The lowest BCUT2D eigenvalue weighted by Gasteiger charge is -2.20. The number of nitrogens with one attached hydrogen (secondary N) is 1. The smallest absolute Gasteiger partial charge is 0.326 e. The summed E-state index contributed by atoms with van der Waals surface area (Å²) in [6, 6.07) is 8.94. The highest BCUT2D eigenvalue weighted by Crippen LogP contribution is 2.35. The van der Waals surface area contributed by atoms with E-state index in [2.05, 4.69) is 0 Å². The molecule has 1 N–H and O–H groups in total. The number of carbonyl (C=O) groups excluding carboxylic acids is 2. The third-order valence-corrected chi connectivity index (χ3v) is 5.19. The SMILES string of the molecule is COc1ccc(COc2cc(C=O)cc(F)c2N2CC(=O)NS2(=O)=O)cc1. The van der Waals surface area contributed by atoms with Crippen molar-refractivity contribution in [1.82, 2.24) is 4.72 Å². The molecule has 0 aromatic heterocycles. The topological polar surface area (TPSA) is 102 Å². The minimum absolute atomic E-state index is 0.0198. The third kappa shape index (κ3) is 3.85. The van der Waals surface area contributed by atoms with Crippen LogP contribution in [0.1, 0.15) is 15.9 Å². The number of benzene rings is 2. The molecule has 142 valence electrons. The average Bonchev–Trinajstić information content (AvgIpc) is 2.91. The highest BCUT2D eigenvalue weighted by atomic mass is 32.2. The molecule has 0 atom stereocenters. The number of nitrogens with zero attached hydrogens (tertiary/aromatic N) is 1. The van der Waals surface area contributed by atoms with E-state index in [1.807, 2.05) is 0 Å². The molecule has 10 heteroatoms. The van der Waals surface area contributed by atoms with Crippen LogP contribution in [0.4, 0.5) is 10.1 Å². The Hall–Kier alpha value is -3.14. The first-order chi connectivity index (χ1) is 12.8. The first-order valence-electron chi connectivity index (χ1n) is 7.72. The molecular formula is C17H15FN2O6S. The van der Waals surface area contributed by atoms with Gasteiger partial charge in [0.1, 0.15) is 36.6 Å². The third-order valence-electron chi connectivity index (χ3n) is 3.81. The predicted molar refractivity (Wildman–Crippen MR) is 93.5 cm³/mol. The van der Waals surface area contributed by atoms with E-state index in [1.165, 1.54) is 13.2 Å². The fraction of sp³-hybridized carbons (Fsp3) is 0.176. The number of rotatable bonds is 6. The largest absolute Gasteiger partial charge is 0.497 e. The number of aldehydes is 1. The zero-order valence-corrected chi connectivity index (χ0v) is 15.0. The molecular weight excluding hydrogens is 379 g/mol. The van der Waals surface area contributed by atoms with Crippen molar-refractivity contribution in [1.29, 1.82) is 0 Å². The van der Waals surface area contributed by atoms with Crippen LogP contribution in [0.15, 0.2) is 36.4 Å². The standard InChI is InChI=1S/C17H15FN2O6S/c1-25-13-4-2-11(3-5-13)10-26-15-7-12(9-21)6-14(18)17(15)20-8-16(22)19-27(20,23)24/h2-7,9H,8,10H2,1H3,(H,19,22). The van der Waals surface area contributed by atoms with E-state index in [-0.39, 0.29) is 17.9 Å². The Bertz CT molecular complexity index is 991. The Morgan fingerprint density at radius 1 is 1.26 bits per heavy atom. The van der Waals surface area contributed by atoms with Crippen molar-refractivity contribution in [3.8, 4) is 11.5 Å². The summed E-state index contributed by atoms with van der Waals surface area (Å²) < 4.78 is 51.6. The lowest BCUT2D eigenvalue weighted by Crippen LogP contribution is -2.30. The van der Waals surface area contributed by atoms with Gasteiger partial charge in [0.05, 0.1) is 7.11 Å². The van der Waals surface area contributed by atoms with Crippen LogP contribution in [0, 0.1) is 5.82 Å². The number of anilines is 1. The summed E-state index contributed by atoms with van der Waals surface area (Å²) in [4.78, 5) is 22.5. The molecule has 2 aromatic rings. The molecule has 0 aliphatic carbocycles. The molecule has 1 amide bonds. The maximum absolute atomic E-state index is 14.5. The molecule has 27 heavy (non-hydrogen) atoms. The van der Waals surface area contributed by atoms with Crippen molar-refractivity contribution in [2.24, 2.45) is 0 Å². The van der Waals surface area contributed by atoms with E-state index >= 15 is 0 Å². The van der Waals surface area contributed by atoms with Gasteiger partial charge in [0.25, 0.3) is 5.91 Å². The second kappa shape index (κ2) is 7.23. The number of ether oxygens (including phenoxy) is 2. The minimum Gasteiger partial charge on any atom is -0.497 e. The molecule has 1 saturated heterocycles. The number of methoxy groups -OCH3 is 1. The monoisotopic (exact) mass is 394 g/mol. The molecule has 2 aromatic carbocycles. The molecule has 0 saturated carbocycles. The molecule has 3 rings (SSSR count). The van der Waals surface area contributed by atoms with Gasteiger partial charge in [0.2, 0.25) is 0 Å². The highest BCUT2D eigenvalue weighted by Gasteiger charge is 2.37. The molecule has 1 fully saturated rings. The average molecular weight is 394 g/mol. The molecule has 1 aliphatic rings. The number of halogens is 1. The van der Waals surface area contributed by atoms with Crippen LogP contribution in [0.3, 0.4) is 0 Å². The van der Waals surface area contributed by atoms with Gasteiger partial charge >= 0.3 is 10.2 Å². The molecule has 0 radical (unpaired) electrons. The van der Waals surface area contributed by atoms with Gasteiger partial charge in [-0.25, -0.2) is 13.4 Å². The summed E-state index contributed by atoms with van der Waals surface area (Å²) >= 11 is 0. The number of hydrogen-bond acceptors (Lipinski definition) is 6. The minimum atomic E-state index is -4.24. The maximum atomic E-state index is 14.5. The highest BCUT2D eigenvalue weighted by molar-refractivity contribution is 7.92. The van der Waals surface area contributed by atoms with Crippen LogP contribution >= 0.6 is 0 Å². The van der Waals surface area contributed by atoms with Crippen LogP contribution < -0.4 is 18.5 Å². The first-order valence-corrected chi connectivity index (χ1v) is 9.16. The molecule has 0 bridgehead atoms. The zero-order chi connectivity index (χ0) is 19.6. The lowest BCUT2D eigenvalue weighted by atomic mass is 10.2. The molecule has 0 unspecified atom stereocenters. The number of amides is 1. The van der Waals surface area contributed by atoms with Crippen molar-refractivity contribution < 1.29 is 31.9 Å². The van der Waals surface area contributed by atoms with Crippen molar-refractivity contribution in [2.75, 3.05) is 18.0 Å². The fourth-order valence-corrected chi connectivity index (χ4v) is 3.71. The van der Waals surface area contributed by atoms with Gasteiger partial charge in [-0.15, -0.1) is 0 Å². The predicted octanol–water partition coefficient (Wildman–Crippen LogP) is 1.41. The summed E-state index contributed by atoms with van der Waals surface area (Å²) in [5.74, 6) is -1.33. The number of carbonyl (C=O) groups is 2. The quantitative estimate of drug-likeness (QED) is 0.744. The Balaban J connectivity index is 1.96. The van der Waals surface area contributed by atoms with Crippen LogP contribution in [0.5, 0.6) is 11.5 Å². The van der Waals surface area contributed by atoms with Gasteiger partial charge in [0.15, 0.2) is 5.82 Å². The molecule has 0 spiro atoms. The van der Waals surface area contributed by atoms with Crippen LogP contribution in [0.2, 0.25) is 0 Å². The maximum Gasteiger partial charge on any atom is 0.326 e. The van der Waals surface area contributed by atoms with Gasteiger partial charge in [0, 0.05) is 5.56 Å². The number of hydrogen-bond donors (Lipinski definition) is 1. The van der Waals surface area contributed by atoms with E-state index in [1.54, 1.807) is 29.0 Å². The Morgan fingerprint density at radius 3 is 2.52 bits per heavy atom. The summed E-state index contributed by atoms with van der Waals surface area (Å²) in [5, 5.41) is 0. The second-order valence-electron chi connectivity index (χ2n) is 5.64. The Morgan fingerprint density at radius 2 is 1.96 bits per heavy atom. The second-order valence-corrected chi connectivity index (χ2v) is 7.24. The van der Waals surface area contributed by atoms with Gasteiger partial charge in [-0.05, 0) is 29.8 Å². The van der Waals surface area contributed by atoms with Crippen molar-refractivity contribution in [2.45, 2.75) is 6.61 Å². The fourth-order valence-electron chi connectivity index (χ4n) is 2.54. The molecule has 1 aliphatic heterocycles.